The summed E-state index contributed by atoms with van der Waals surface area (Å²) in [6.07, 6.45) is 0.949. The van der Waals surface area contributed by atoms with Gasteiger partial charge in [-0.1, -0.05) is 32.0 Å². The van der Waals surface area contributed by atoms with Gasteiger partial charge in [0.05, 0.1) is 6.04 Å². The summed E-state index contributed by atoms with van der Waals surface area (Å²) < 4.78 is 0. The van der Waals surface area contributed by atoms with Gasteiger partial charge in [-0.25, -0.2) is 0 Å². The molecule has 1 amide bonds. The van der Waals surface area contributed by atoms with Crippen molar-refractivity contribution >= 4 is 28.6 Å². The molecular formula is C21H21NOS2. The van der Waals surface area contributed by atoms with Crippen LogP contribution in [0.1, 0.15) is 57.0 Å². The van der Waals surface area contributed by atoms with Crippen LogP contribution >= 0.6 is 22.7 Å². The Morgan fingerprint density at radius 2 is 1.88 bits per heavy atom. The SMILES string of the molecule is CC(C)c1ccc(C(=O)N2CCc3sccc3C2c2cccs2)cc1. The van der Waals surface area contributed by atoms with Crippen LogP contribution in [0, 0.1) is 0 Å². The number of nitrogens with zero attached hydrogens (tertiary/aromatic N) is 1. The van der Waals surface area contributed by atoms with E-state index in [-0.39, 0.29) is 11.9 Å². The summed E-state index contributed by atoms with van der Waals surface area (Å²) >= 11 is 3.54. The molecule has 0 N–H and O–H groups in total. The first-order valence-electron chi connectivity index (χ1n) is 8.65. The topological polar surface area (TPSA) is 20.3 Å². The number of carbonyl (C=O) groups excluding carboxylic acids is 1. The fourth-order valence-electron chi connectivity index (χ4n) is 3.47. The van der Waals surface area contributed by atoms with E-state index in [1.165, 1.54) is 20.9 Å². The summed E-state index contributed by atoms with van der Waals surface area (Å²) in [6.45, 7) is 5.12. The molecule has 0 bridgehead atoms. The zero-order valence-corrected chi connectivity index (χ0v) is 16.1. The average Bonchev–Trinajstić information content (AvgIpc) is 3.31. The molecule has 3 aromatic rings. The first-order chi connectivity index (χ1) is 12.1. The van der Waals surface area contributed by atoms with E-state index in [0.717, 1.165) is 18.5 Å². The summed E-state index contributed by atoms with van der Waals surface area (Å²) in [5.41, 5.74) is 3.35. The Balaban J connectivity index is 1.69. The molecule has 1 unspecified atom stereocenters. The molecule has 0 fully saturated rings. The Bertz CT molecular complexity index is 862. The lowest BCUT2D eigenvalue weighted by atomic mass is 9.96. The molecule has 0 saturated heterocycles. The molecule has 0 spiro atoms. The molecule has 1 aromatic carbocycles. The van der Waals surface area contributed by atoms with E-state index < -0.39 is 0 Å². The van der Waals surface area contributed by atoms with E-state index in [9.17, 15) is 4.79 Å². The van der Waals surface area contributed by atoms with Gasteiger partial charge in [-0.3, -0.25) is 4.79 Å². The van der Waals surface area contributed by atoms with Crippen LogP contribution in [0.15, 0.2) is 53.2 Å². The molecule has 0 aliphatic carbocycles. The second-order valence-electron chi connectivity index (χ2n) is 6.74. The van der Waals surface area contributed by atoms with Crippen LogP contribution in [0.5, 0.6) is 0 Å². The number of hydrogen-bond donors (Lipinski definition) is 0. The van der Waals surface area contributed by atoms with E-state index in [0.29, 0.717) is 5.92 Å². The highest BCUT2D eigenvalue weighted by Crippen LogP contribution is 2.40. The Kier molecular flexibility index (Phi) is 4.48. The first kappa shape index (κ1) is 16.6. The molecule has 0 saturated carbocycles. The van der Waals surface area contributed by atoms with Gasteiger partial charge in [0.15, 0.2) is 0 Å². The van der Waals surface area contributed by atoms with Crippen molar-refractivity contribution in [3.63, 3.8) is 0 Å². The second kappa shape index (κ2) is 6.77. The van der Waals surface area contributed by atoms with Gasteiger partial charge >= 0.3 is 0 Å². The number of benzene rings is 1. The average molecular weight is 368 g/mol. The number of rotatable bonds is 3. The van der Waals surface area contributed by atoms with Crippen molar-refractivity contribution in [1.82, 2.24) is 4.90 Å². The van der Waals surface area contributed by atoms with Crippen LogP contribution in [0.2, 0.25) is 0 Å². The molecule has 0 radical (unpaired) electrons. The maximum Gasteiger partial charge on any atom is 0.254 e. The molecule has 25 heavy (non-hydrogen) atoms. The summed E-state index contributed by atoms with van der Waals surface area (Å²) in [4.78, 5) is 18.0. The third-order valence-electron chi connectivity index (χ3n) is 4.86. The van der Waals surface area contributed by atoms with E-state index in [2.05, 4.69) is 54.9 Å². The van der Waals surface area contributed by atoms with Gasteiger partial charge in [0.1, 0.15) is 0 Å². The van der Waals surface area contributed by atoms with E-state index in [1.807, 2.05) is 28.4 Å². The normalized spacial score (nSPS) is 16.9. The monoisotopic (exact) mass is 367 g/mol. The molecule has 4 rings (SSSR count). The molecule has 1 aliphatic heterocycles. The minimum Gasteiger partial charge on any atom is -0.326 e. The van der Waals surface area contributed by atoms with Gasteiger partial charge in [0, 0.05) is 21.9 Å². The van der Waals surface area contributed by atoms with Crippen molar-refractivity contribution in [2.45, 2.75) is 32.2 Å². The van der Waals surface area contributed by atoms with Crippen molar-refractivity contribution in [3.05, 3.63) is 79.7 Å². The van der Waals surface area contributed by atoms with Gasteiger partial charge < -0.3 is 4.90 Å². The molecular weight excluding hydrogens is 346 g/mol. The zero-order valence-electron chi connectivity index (χ0n) is 14.4. The summed E-state index contributed by atoms with van der Waals surface area (Å²) in [5, 5.41) is 4.24. The summed E-state index contributed by atoms with van der Waals surface area (Å²) in [6, 6.07) is 14.6. The largest absolute Gasteiger partial charge is 0.326 e. The number of thiophene rings is 2. The fourth-order valence-corrected chi connectivity index (χ4v) is 5.22. The number of fused-ring (bicyclic) bond motifs is 1. The van der Waals surface area contributed by atoms with Crippen molar-refractivity contribution in [3.8, 4) is 0 Å². The van der Waals surface area contributed by atoms with E-state index in [4.69, 9.17) is 0 Å². The molecule has 1 aliphatic rings. The Morgan fingerprint density at radius 1 is 1.08 bits per heavy atom. The van der Waals surface area contributed by atoms with Crippen LogP contribution in [-0.2, 0) is 6.42 Å². The van der Waals surface area contributed by atoms with Crippen LogP contribution < -0.4 is 0 Å². The highest BCUT2D eigenvalue weighted by Gasteiger charge is 2.33. The van der Waals surface area contributed by atoms with Gasteiger partial charge in [-0.15, -0.1) is 22.7 Å². The standard InChI is InChI=1S/C21H21NOS2/c1-14(2)15-5-7-16(8-6-15)21(23)22-11-9-18-17(10-13-25-18)20(22)19-4-3-12-24-19/h3-8,10,12-14,20H,9,11H2,1-2H3. The molecule has 128 valence electrons. The Hall–Kier alpha value is -1.91. The van der Waals surface area contributed by atoms with Crippen LogP contribution in [0.25, 0.3) is 0 Å². The fraction of sp³-hybridized carbons (Fsp3) is 0.286. The van der Waals surface area contributed by atoms with Crippen molar-refractivity contribution in [2.24, 2.45) is 0 Å². The van der Waals surface area contributed by atoms with Gasteiger partial charge in [0.2, 0.25) is 0 Å². The van der Waals surface area contributed by atoms with Gasteiger partial charge in [0.25, 0.3) is 5.91 Å². The zero-order chi connectivity index (χ0) is 17.4. The third kappa shape index (κ3) is 3.05. The van der Waals surface area contributed by atoms with Crippen LogP contribution in [0.4, 0.5) is 0 Å². The highest BCUT2D eigenvalue weighted by molar-refractivity contribution is 7.10. The predicted octanol–water partition coefficient (Wildman–Crippen LogP) is 5.72. The quantitative estimate of drug-likeness (QED) is 0.580. The van der Waals surface area contributed by atoms with Crippen molar-refractivity contribution in [1.29, 1.82) is 0 Å². The third-order valence-corrected chi connectivity index (χ3v) is 6.78. The van der Waals surface area contributed by atoms with Crippen molar-refractivity contribution < 1.29 is 4.79 Å². The van der Waals surface area contributed by atoms with E-state index in [1.54, 1.807) is 11.3 Å². The Morgan fingerprint density at radius 3 is 2.56 bits per heavy atom. The van der Waals surface area contributed by atoms with Crippen molar-refractivity contribution in [2.75, 3.05) is 6.54 Å². The van der Waals surface area contributed by atoms with Gasteiger partial charge in [-0.2, -0.15) is 0 Å². The van der Waals surface area contributed by atoms with Gasteiger partial charge in [-0.05, 0) is 58.5 Å². The Labute approximate surface area is 156 Å². The number of amides is 1. The van der Waals surface area contributed by atoms with E-state index >= 15 is 0 Å². The summed E-state index contributed by atoms with van der Waals surface area (Å²) in [7, 11) is 0. The molecule has 2 nitrogen and oxygen atoms in total. The number of hydrogen-bond acceptors (Lipinski definition) is 3. The van der Waals surface area contributed by atoms with Crippen LogP contribution in [-0.4, -0.2) is 17.4 Å². The maximum absolute atomic E-state index is 13.3. The maximum atomic E-state index is 13.3. The lowest BCUT2D eigenvalue weighted by molar-refractivity contribution is 0.0699. The smallest absolute Gasteiger partial charge is 0.254 e. The molecule has 1 atom stereocenters. The minimum absolute atomic E-state index is 0.0484. The minimum atomic E-state index is 0.0484. The highest BCUT2D eigenvalue weighted by atomic mass is 32.1. The second-order valence-corrected chi connectivity index (χ2v) is 8.72. The first-order valence-corrected chi connectivity index (χ1v) is 10.4. The summed E-state index contributed by atoms with van der Waals surface area (Å²) in [5.74, 6) is 0.608. The molecule has 4 heteroatoms. The lowest BCUT2D eigenvalue weighted by Crippen LogP contribution is -2.39. The molecule has 3 heterocycles. The lowest BCUT2D eigenvalue weighted by Gasteiger charge is -2.35. The predicted molar refractivity (Wildman–Crippen MR) is 106 cm³/mol. The number of carbonyl (C=O) groups is 1. The van der Waals surface area contributed by atoms with Crippen LogP contribution in [0.3, 0.4) is 0 Å². The molecule has 2 aromatic heterocycles.